The number of alkyl halides is 2. The maximum absolute atomic E-state index is 11.2. The number of aliphatic carboxylic acids is 1. The Balaban J connectivity index is 3.64. The second kappa shape index (κ2) is 2.86. The van der Waals surface area contributed by atoms with E-state index in [2.05, 4.69) is 12.6 Å². The normalized spacial score (nSPS) is 14.0. The van der Waals surface area contributed by atoms with Gasteiger partial charge in [-0.1, -0.05) is 0 Å². The SMILES string of the molecule is O=C(O)C(S)C(F)F. The van der Waals surface area contributed by atoms with E-state index in [4.69, 9.17) is 5.11 Å². The van der Waals surface area contributed by atoms with Gasteiger partial charge in [0.25, 0.3) is 6.43 Å². The van der Waals surface area contributed by atoms with Crippen molar-refractivity contribution < 1.29 is 18.7 Å². The second-order valence-electron chi connectivity index (χ2n) is 1.12. The minimum atomic E-state index is -2.89. The average Bonchev–Trinajstić information content (AvgIpc) is 1.64. The summed E-state index contributed by atoms with van der Waals surface area (Å²) in [5.41, 5.74) is 0. The molecule has 0 aromatic carbocycles. The number of rotatable bonds is 2. The van der Waals surface area contributed by atoms with E-state index >= 15 is 0 Å². The van der Waals surface area contributed by atoms with Crippen molar-refractivity contribution in [1.82, 2.24) is 0 Å². The summed E-state index contributed by atoms with van der Waals surface area (Å²) < 4.78 is 22.4. The summed E-state index contributed by atoms with van der Waals surface area (Å²) in [6.07, 6.45) is -2.89. The summed E-state index contributed by atoms with van der Waals surface area (Å²) in [5, 5.41) is 5.94. The highest BCUT2D eigenvalue weighted by Crippen LogP contribution is 2.06. The molecule has 0 aliphatic heterocycles. The number of thiol groups is 1. The number of hydrogen-bond acceptors (Lipinski definition) is 2. The van der Waals surface area contributed by atoms with E-state index in [-0.39, 0.29) is 0 Å². The lowest BCUT2D eigenvalue weighted by atomic mass is 10.4. The van der Waals surface area contributed by atoms with Crippen LogP contribution in [0.5, 0.6) is 0 Å². The third-order valence-electron chi connectivity index (χ3n) is 0.492. The van der Waals surface area contributed by atoms with Gasteiger partial charge in [0.1, 0.15) is 0 Å². The zero-order valence-electron chi connectivity index (χ0n) is 3.71. The summed E-state index contributed by atoms with van der Waals surface area (Å²) in [7, 11) is 0. The van der Waals surface area contributed by atoms with Crippen LogP contribution in [-0.2, 0) is 4.79 Å². The maximum atomic E-state index is 11.2. The van der Waals surface area contributed by atoms with Gasteiger partial charge in [0.15, 0.2) is 5.25 Å². The molecule has 0 radical (unpaired) electrons. The van der Waals surface area contributed by atoms with E-state index in [1.165, 1.54) is 0 Å². The quantitative estimate of drug-likeness (QED) is 0.555. The molecule has 0 amide bonds. The van der Waals surface area contributed by atoms with Gasteiger partial charge in [0.2, 0.25) is 0 Å². The number of carbonyl (C=O) groups is 1. The van der Waals surface area contributed by atoms with Crippen molar-refractivity contribution in [1.29, 1.82) is 0 Å². The van der Waals surface area contributed by atoms with Crippen LogP contribution in [0.1, 0.15) is 0 Å². The molecule has 2 nitrogen and oxygen atoms in total. The first-order chi connectivity index (χ1) is 3.55. The molecule has 48 valence electrons. The Morgan fingerprint density at radius 2 is 2.00 bits per heavy atom. The molecule has 0 saturated carbocycles. The number of carboxylic acids is 1. The summed E-state index contributed by atoms with van der Waals surface area (Å²) in [6.45, 7) is 0. The van der Waals surface area contributed by atoms with Crippen LogP contribution in [0.4, 0.5) is 8.78 Å². The molecule has 0 bridgehead atoms. The minimum absolute atomic E-state index is 1.59. The molecule has 1 N–H and O–H groups in total. The van der Waals surface area contributed by atoms with Gasteiger partial charge in [0, 0.05) is 0 Å². The molecule has 5 heteroatoms. The lowest BCUT2D eigenvalue weighted by molar-refractivity contribution is -0.138. The Labute approximate surface area is 49.9 Å². The lowest BCUT2D eigenvalue weighted by Crippen LogP contribution is -2.21. The van der Waals surface area contributed by atoms with Gasteiger partial charge in [-0.05, 0) is 0 Å². The molecule has 0 aromatic heterocycles. The molecule has 0 aromatic rings. The molecule has 1 atom stereocenters. The minimum Gasteiger partial charge on any atom is -0.480 e. The Bertz CT molecular complexity index is 95.3. The molecule has 0 aliphatic rings. The van der Waals surface area contributed by atoms with Crippen LogP contribution in [0, 0.1) is 0 Å². The molecule has 0 heterocycles. The van der Waals surface area contributed by atoms with Crippen LogP contribution in [0.2, 0.25) is 0 Å². The van der Waals surface area contributed by atoms with Gasteiger partial charge in [-0.25, -0.2) is 8.78 Å². The smallest absolute Gasteiger partial charge is 0.322 e. The first-order valence-electron chi connectivity index (χ1n) is 1.74. The predicted octanol–water partition coefficient (Wildman–Crippen LogP) is 0.635. The molecule has 0 rings (SSSR count). The molecule has 0 aliphatic carbocycles. The Morgan fingerprint density at radius 3 is 2.00 bits per heavy atom. The summed E-state index contributed by atoms with van der Waals surface area (Å²) in [6, 6.07) is 0. The summed E-state index contributed by atoms with van der Waals surface area (Å²) >= 11 is 3.07. The monoisotopic (exact) mass is 142 g/mol. The van der Waals surface area contributed by atoms with E-state index in [1.54, 1.807) is 0 Å². The fourth-order valence-corrected chi connectivity index (χ4v) is 0.108. The topological polar surface area (TPSA) is 37.3 Å². The maximum Gasteiger partial charge on any atom is 0.322 e. The highest BCUT2D eigenvalue weighted by Gasteiger charge is 2.22. The third kappa shape index (κ3) is 2.11. The second-order valence-corrected chi connectivity index (χ2v) is 1.67. The van der Waals surface area contributed by atoms with E-state index in [1.807, 2.05) is 0 Å². The summed E-state index contributed by atoms with van der Waals surface area (Å²) in [5.74, 6) is -1.59. The Morgan fingerprint density at radius 1 is 1.62 bits per heavy atom. The Hall–Kier alpha value is -0.320. The zero-order valence-corrected chi connectivity index (χ0v) is 4.61. The van der Waals surface area contributed by atoms with Gasteiger partial charge in [-0.15, -0.1) is 0 Å². The molecular formula is C3H4F2O2S. The van der Waals surface area contributed by atoms with Crippen LogP contribution < -0.4 is 0 Å². The largest absolute Gasteiger partial charge is 0.480 e. The number of carboxylic acid groups (broad SMARTS) is 1. The highest BCUT2D eigenvalue weighted by atomic mass is 32.1. The van der Waals surface area contributed by atoms with Crippen molar-refractivity contribution in [3.05, 3.63) is 0 Å². The Kier molecular flexibility index (Phi) is 2.75. The van der Waals surface area contributed by atoms with Gasteiger partial charge in [0.05, 0.1) is 0 Å². The van der Waals surface area contributed by atoms with Gasteiger partial charge in [-0.3, -0.25) is 4.79 Å². The van der Waals surface area contributed by atoms with Crippen LogP contribution in [-0.4, -0.2) is 22.8 Å². The summed E-state index contributed by atoms with van der Waals surface area (Å²) in [4.78, 5) is 9.58. The van der Waals surface area contributed by atoms with Crippen molar-refractivity contribution in [3.63, 3.8) is 0 Å². The standard InChI is InChI=1S/C3H4F2O2S/c4-2(5)1(8)3(6)7/h1-2,8H,(H,6,7). The van der Waals surface area contributed by atoms with Crippen molar-refractivity contribution in [2.45, 2.75) is 11.7 Å². The molecule has 0 saturated heterocycles. The molecule has 0 fully saturated rings. The molecule has 0 spiro atoms. The van der Waals surface area contributed by atoms with Crippen molar-refractivity contribution in [2.75, 3.05) is 0 Å². The first-order valence-corrected chi connectivity index (χ1v) is 2.26. The number of hydrogen-bond donors (Lipinski definition) is 2. The predicted molar refractivity (Wildman–Crippen MR) is 26.4 cm³/mol. The van der Waals surface area contributed by atoms with Crippen LogP contribution in [0.3, 0.4) is 0 Å². The number of halogens is 2. The molecule has 8 heavy (non-hydrogen) atoms. The third-order valence-corrected chi connectivity index (χ3v) is 0.938. The van der Waals surface area contributed by atoms with Crippen molar-refractivity contribution in [2.24, 2.45) is 0 Å². The van der Waals surface area contributed by atoms with E-state index in [0.29, 0.717) is 0 Å². The van der Waals surface area contributed by atoms with E-state index in [9.17, 15) is 13.6 Å². The fourth-order valence-electron chi connectivity index (χ4n) is 0.108. The van der Waals surface area contributed by atoms with Gasteiger partial charge in [-0.2, -0.15) is 12.6 Å². The fraction of sp³-hybridized carbons (Fsp3) is 0.667. The average molecular weight is 142 g/mol. The highest BCUT2D eigenvalue weighted by molar-refractivity contribution is 7.81. The van der Waals surface area contributed by atoms with E-state index < -0.39 is 17.6 Å². The molecular weight excluding hydrogens is 138 g/mol. The van der Waals surface area contributed by atoms with Gasteiger partial charge < -0.3 is 5.11 Å². The van der Waals surface area contributed by atoms with Crippen LogP contribution >= 0.6 is 12.6 Å². The van der Waals surface area contributed by atoms with Crippen molar-refractivity contribution >= 4 is 18.6 Å². The lowest BCUT2D eigenvalue weighted by Gasteiger charge is -1.99. The van der Waals surface area contributed by atoms with Crippen molar-refractivity contribution in [3.8, 4) is 0 Å². The van der Waals surface area contributed by atoms with Crippen LogP contribution in [0.15, 0.2) is 0 Å². The first kappa shape index (κ1) is 7.68. The molecule has 1 unspecified atom stereocenters. The zero-order chi connectivity index (χ0) is 6.73. The van der Waals surface area contributed by atoms with Crippen LogP contribution in [0.25, 0.3) is 0 Å². The van der Waals surface area contributed by atoms with Gasteiger partial charge >= 0.3 is 5.97 Å². The van der Waals surface area contributed by atoms with E-state index in [0.717, 1.165) is 0 Å².